The van der Waals surface area contributed by atoms with Crippen LogP contribution >= 0.6 is 0 Å². The summed E-state index contributed by atoms with van der Waals surface area (Å²) < 4.78 is 2.21. The third-order valence-corrected chi connectivity index (χ3v) is 6.74. The van der Waals surface area contributed by atoms with E-state index >= 15 is 0 Å². The summed E-state index contributed by atoms with van der Waals surface area (Å²) >= 11 is 0. The number of aryl methyl sites for hydroxylation is 1. The van der Waals surface area contributed by atoms with E-state index < -0.39 is 0 Å². The predicted octanol–water partition coefficient (Wildman–Crippen LogP) is 2.29. The van der Waals surface area contributed by atoms with Crippen molar-refractivity contribution in [1.29, 1.82) is 0 Å². The Morgan fingerprint density at radius 2 is 1.67 bits per heavy atom. The van der Waals surface area contributed by atoms with E-state index in [-0.39, 0.29) is 0 Å². The van der Waals surface area contributed by atoms with E-state index in [9.17, 15) is 4.79 Å². The molecule has 0 saturated carbocycles. The highest BCUT2D eigenvalue weighted by Gasteiger charge is 2.25. The number of hydrogen-bond acceptors (Lipinski definition) is 4. The van der Waals surface area contributed by atoms with Gasteiger partial charge in [0.05, 0.1) is 6.54 Å². The molecule has 162 valence electrons. The second-order valence-electron chi connectivity index (χ2n) is 8.80. The second-order valence-corrected chi connectivity index (χ2v) is 8.80. The van der Waals surface area contributed by atoms with Gasteiger partial charge in [0.1, 0.15) is 5.82 Å². The standard InChI is InChI=1S/C24H35N5O/c1-21-25-9-12-28(21)18-17-26-13-15-27(16-14-26)20-24(30)29-10-7-23(8-11-29)19-22-5-3-2-4-6-22/h2-6,9,12,23H,7-8,10-11,13-20H2,1H3. The van der Waals surface area contributed by atoms with Crippen molar-refractivity contribution in [3.05, 3.63) is 54.1 Å². The fourth-order valence-electron chi connectivity index (χ4n) is 4.69. The van der Waals surface area contributed by atoms with Crippen molar-refractivity contribution in [2.45, 2.75) is 32.7 Å². The van der Waals surface area contributed by atoms with E-state index in [1.807, 2.05) is 19.3 Å². The number of nitrogens with zero attached hydrogens (tertiary/aromatic N) is 5. The van der Waals surface area contributed by atoms with Gasteiger partial charge in [0.2, 0.25) is 5.91 Å². The van der Waals surface area contributed by atoms with Crippen molar-refractivity contribution in [1.82, 2.24) is 24.3 Å². The van der Waals surface area contributed by atoms with Gasteiger partial charge in [0.15, 0.2) is 0 Å². The van der Waals surface area contributed by atoms with E-state index in [2.05, 4.69) is 54.6 Å². The van der Waals surface area contributed by atoms with Crippen LogP contribution in [-0.4, -0.2) is 82.5 Å². The van der Waals surface area contributed by atoms with Gasteiger partial charge in [-0.3, -0.25) is 14.6 Å². The molecule has 0 spiro atoms. The first kappa shape index (κ1) is 21.1. The van der Waals surface area contributed by atoms with Crippen molar-refractivity contribution in [3.63, 3.8) is 0 Å². The average molecular weight is 410 g/mol. The summed E-state index contributed by atoms with van der Waals surface area (Å²) in [6.07, 6.45) is 7.31. The number of amides is 1. The number of piperidine rings is 1. The molecule has 0 atom stereocenters. The smallest absolute Gasteiger partial charge is 0.236 e. The number of likely N-dealkylation sites (tertiary alicyclic amines) is 1. The Kier molecular flexibility index (Phi) is 7.18. The van der Waals surface area contributed by atoms with Crippen LogP contribution in [0.25, 0.3) is 0 Å². The molecule has 0 N–H and O–H groups in total. The predicted molar refractivity (Wildman–Crippen MR) is 119 cm³/mol. The first-order chi connectivity index (χ1) is 14.7. The maximum absolute atomic E-state index is 12.8. The van der Waals surface area contributed by atoms with E-state index in [1.54, 1.807) is 0 Å². The summed E-state index contributed by atoms with van der Waals surface area (Å²) in [5.74, 6) is 2.10. The number of carbonyl (C=O) groups is 1. The molecule has 30 heavy (non-hydrogen) atoms. The van der Waals surface area contributed by atoms with E-state index in [4.69, 9.17) is 0 Å². The minimum Gasteiger partial charge on any atom is -0.342 e. The molecule has 1 aromatic carbocycles. The van der Waals surface area contributed by atoms with Crippen LogP contribution in [0.3, 0.4) is 0 Å². The van der Waals surface area contributed by atoms with Crippen molar-refractivity contribution < 1.29 is 4.79 Å². The van der Waals surface area contributed by atoms with Crippen LogP contribution in [0.2, 0.25) is 0 Å². The Balaban J connectivity index is 1.14. The molecule has 2 aliphatic rings. The van der Waals surface area contributed by atoms with Crippen LogP contribution in [0.5, 0.6) is 0 Å². The van der Waals surface area contributed by atoms with Gasteiger partial charge in [-0.2, -0.15) is 0 Å². The van der Waals surface area contributed by atoms with E-state index in [0.717, 1.165) is 77.4 Å². The number of benzene rings is 1. The Hall–Kier alpha value is -2.18. The van der Waals surface area contributed by atoms with Crippen LogP contribution in [-0.2, 0) is 17.8 Å². The van der Waals surface area contributed by atoms with Gasteiger partial charge in [-0.15, -0.1) is 0 Å². The molecule has 6 heteroatoms. The summed E-state index contributed by atoms with van der Waals surface area (Å²) in [4.78, 5) is 24.0. The Bertz CT molecular complexity index is 789. The lowest BCUT2D eigenvalue weighted by Gasteiger charge is -2.37. The normalized spacial score (nSPS) is 19.3. The maximum Gasteiger partial charge on any atom is 0.236 e. The van der Waals surface area contributed by atoms with Crippen LogP contribution in [0, 0.1) is 12.8 Å². The fraction of sp³-hybridized carbons (Fsp3) is 0.583. The summed E-state index contributed by atoms with van der Waals surface area (Å²) in [5.41, 5.74) is 1.42. The minimum absolute atomic E-state index is 0.315. The van der Waals surface area contributed by atoms with E-state index in [1.165, 1.54) is 5.56 Å². The quantitative estimate of drug-likeness (QED) is 0.704. The van der Waals surface area contributed by atoms with Gasteiger partial charge >= 0.3 is 0 Å². The topological polar surface area (TPSA) is 44.6 Å². The van der Waals surface area contributed by atoms with Gasteiger partial charge in [-0.05, 0) is 37.7 Å². The molecule has 0 radical (unpaired) electrons. The third-order valence-electron chi connectivity index (χ3n) is 6.74. The number of piperazine rings is 1. The third kappa shape index (κ3) is 5.70. The van der Waals surface area contributed by atoms with Crippen molar-refractivity contribution in [3.8, 4) is 0 Å². The van der Waals surface area contributed by atoms with Crippen molar-refractivity contribution in [2.24, 2.45) is 5.92 Å². The maximum atomic E-state index is 12.8. The Morgan fingerprint density at radius 1 is 0.967 bits per heavy atom. The molecular formula is C24H35N5O. The molecule has 1 aromatic heterocycles. The first-order valence-electron chi connectivity index (χ1n) is 11.4. The van der Waals surface area contributed by atoms with Gasteiger partial charge in [0, 0.05) is 64.8 Å². The summed E-state index contributed by atoms with van der Waals surface area (Å²) in [6.45, 7) is 10.6. The molecule has 2 saturated heterocycles. The van der Waals surface area contributed by atoms with Crippen LogP contribution < -0.4 is 0 Å². The number of imidazole rings is 1. The summed E-state index contributed by atoms with van der Waals surface area (Å²) in [6, 6.07) is 10.7. The lowest BCUT2D eigenvalue weighted by Crippen LogP contribution is -2.51. The molecule has 2 aromatic rings. The van der Waals surface area contributed by atoms with Crippen molar-refractivity contribution in [2.75, 3.05) is 52.4 Å². The monoisotopic (exact) mass is 409 g/mol. The lowest BCUT2D eigenvalue weighted by atomic mass is 9.90. The SMILES string of the molecule is Cc1nccn1CCN1CCN(CC(=O)N2CCC(Cc3ccccc3)CC2)CC1. The van der Waals surface area contributed by atoms with E-state index in [0.29, 0.717) is 18.4 Å². The zero-order chi connectivity index (χ0) is 20.8. The zero-order valence-electron chi connectivity index (χ0n) is 18.2. The molecule has 0 aliphatic carbocycles. The number of rotatable bonds is 7. The molecule has 6 nitrogen and oxygen atoms in total. The fourth-order valence-corrected chi connectivity index (χ4v) is 4.69. The highest BCUT2D eigenvalue weighted by molar-refractivity contribution is 5.78. The molecule has 2 fully saturated rings. The average Bonchev–Trinajstić information content (AvgIpc) is 3.19. The molecule has 2 aliphatic heterocycles. The molecule has 4 rings (SSSR count). The van der Waals surface area contributed by atoms with Gasteiger partial charge in [0.25, 0.3) is 0 Å². The number of carbonyl (C=O) groups excluding carboxylic acids is 1. The van der Waals surface area contributed by atoms with Crippen LogP contribution in [0.4, 0.5) is 0 Å². The van der Waals surface area contributed by atoms with Gasteiger partial charge in [-0.1, -0.05) is 30.3 Å². The molecule has 0 bridgehead atoms. The van der Waals surface area contributed by atoms with Crippen molar-refractivity contribution >= 4 is 5.91 Å². The van der Waals surface area contributed by atoms with Crippen LogP contribution in [0.15, 0.2) is 42.7 Å². The molecule has 3 heterocycles. The Morgan fingerprint density at radius 3 is 2.33 bits per heavy atom. The lowest BCUT2D eigenvalue weighted by molar-refractivity contribution is -0.134. The number of aromatic nitrogens is 2. The molecular weight excluding hydrogens is 374 g/mol. The molecule has 0 unspecified atom stereocenters. The van der Waals surface area contributed by atoms with Gasteiger partial charge < -0.3 is 9.47 Å². The summed E-state index contributed by atoms with van der Waals surface area (Å²) in [7, 11) is 0. The highest BCUT2D eigenvalue weighted by atomic mass is 16.2. The first-order valence-corrected chi connectivity index (χ1v) is 11.4. The largest absolute Gasteiger partial charge is 0.342 e. The molecule has 1 amide bonds. The summed E-state index contributed by atoms with van der Waals surface area (Å²) in [5, 5.41) is 0. The minimum atomic E-state index is 0.315. The Labute approximate surface area is 180 Å². The van der Waals surface area contributed by atoms with Gasteiger partial charge in [-0.25, -0.2) is 4.98 Å². The van der Waals surface area contributed by atoms with Crippen LogP contribution in [0.1, 0.15) is 24.2 Å². The second kappa shape index (κ2) is 10.2. The highest BCUT2D eigenvalue weighted by Crippen LogP contribution is 2.22. The number of hydrogen-bond donors (Lipinski definition) is 0. The zero-order valence-corrected chi connectivity index (χ0v) is 18.2.